The number of hydrogen-bond donors (Lipinski definition) is 1. The van der Waals surface area contributed by atoms with Crippen LogP contribution in [0.1, 0.15) is 0 Å². The van der Waals surface area contributed by atoms with Crippen LogP contribution < -0.4 is 5.32 Å². The van der Waals surface area contributed by atoms with Crippen molar-refractivity contribution < 1.29 is 8.78 Å². The van der Waals surface area contributed by atoms with E-state index >= 15 is 0 Å². The van der Waals surface area contributed by atoms with E-state index in [-0.39, 0.29) is 10.2 Å². The molecule has 0 spiro atoms. The fourth-order valence-electron chi connectivity index (χ4n) is 1.87. The van der Waals surface area contributed by atoms with E-state index in [1.807, 2.05) is 0 Å². The molecular weight excluding hydrogens is 408 g/mol. The third-order valence-electron chi connectivity index (χ3n) is 2.82. The van der Waals surface area contributed by atoms with Crippen LogP contribution in [-0.2, 0) is 0 Å². The summed E-state index contributed by atoms with van der Waals surface area (Å²) in [5, 5.41) is 2.85. The lowest BCUT2D eigenvalue weighted by Gasteiger charge is -2.10. The number of halogens is 4. The predicted octanol–water partition coefficient (Wildman–Crippen LogP) is 5.18. The number of fused-ring (bicyclic) bond motifs is 1. The van der Waals surface area contributed by atoms with Gasteiger partial charge in [0, 0.05) is 22.9 Å². The predicted molar refractivity (Wildman–Crippen MR) is 84.6 cm³/mol. The first kappa shape index (κ1) is 14.3. The molecule has 0 bridgehead atoms. The minimum absolute atomic E-state index is 0.0351. The molecule has 0 fully saturated rings. The normalized spacial score (nSPS) is 10.9. The van der Waals surface area contributed by atoms with Gasteiger partial charge in [0.25, 0.3) is 0 Å². The standard InChI is InChI=1S/C14H7Br2F2N3/c15-7-3-13-14(20-6-7)11(1-2-19-13)21-12-5-9(17)8(16)4-10(12)18/h1-6H,(H,19,21). The second-order valence-electron chi connectivity index (χ2n) is 4.25. The maximum absolute atomic E-state index is 13.9. The monoisotopic (exact) mass is 413 g/mol. The van der Waals surface area contributed by atoms with E-state index in [0.717, 1.165) is 16.6 Å². The van der Waals surface area contributed by atoms with Gasteiger partial charge < -0.3 is 5.32 Å². The summed E-state index contributed by atoms with van der Waals surface area (Å²) in [6.45, 7) is 0. The van der Waals surface area contributed by atoms with Crippen molar-refractivity contribution in [3.8, 4) is 0 Å². The molecule has 21 heavy (non-hydrogen) atoms. The SMILES string of the molecule is Fc1cc(Nc2ccnc3cc(Br)cnc23)c(F)cc1Br. The fraction of sp³-hybridized carbons (Fsp3) is 0. The number of benzene rings is 1. The lowest BCUT2D eigenvalue weighted by Crippen LogP contribution is -1.98. The first-order valence-corrected chi connectivity index (χ1v) is 7.45. The number of nitrogens with zero attached hydrogens (tertiary/aromatic N) is 2. The Balaban J connectivity index is 2.08. The van der Waals surface area contributed by atoms with Gasteiger partial charge in [0.05, 0.1) is 21.4 Å². The highest BCUT2D eigenvalue weighted by Gasteiger charge is 2.11. The quantitative estimate of drug-likeness (QED) is 0.587. The van der Waals surface area contributed by atoms with E-state index in [1.165, 1.54) is 0 Å². The molecule has 0 saturated carbocycles. The minimum Gasteiger partial charge on any atom is -0.351 e. The number of anilines is 2. The molecule has 7 heteroatoms. The summed E-state index contributed by atoms with van der Waals surface area (Å²) in [6.07, 6.45) is 3.19. The largest absolute Gasteiger partial charge is 0.351 e. The van der Waals surface area contributed by atoms with Gasteiger partial charge in [0.1, 0.15) is 17.2 Å². The van der Waals surface area contributed by atoms with Crippen LogP contribution in [0.5, 0.6) is 0 Å². The molecule has 0 atom stereocenters. The minimum atomic E-state index is -0.564. The van der Waals surface area contributed by atoms with E-state index in [9.17, 15) is 8.78 Å². The molecule has 106 valence electrons. The topological polar surface area (TPSA) is 37.8 Å². The Morgan fingerprint density at radius 1 is 0.952 bits per heavy atom. The van der Waals surface area contributed by atoms with Gasteiger partial charge in [-0.1, -0.05) is 0 Å². The van der Waals surface area contributed by atoms with Crippen LogP contribution in [0.3, 0.4) is 0 Å². The Hall–Kier alpha value is -1.60. The summed E-state index contributed by atoms with van der Waals surface area (Å²) in [5.74, 6) is -1.11. The fourth-order valence-corrected chi connectivity index (χ4v) is 2.50. The number of aromatic nitrogens is 2. The summed E-state index contributed by atoms with van der Waals surface area (Å²) in [6, 6.07) is 5.62. The van der Waals surface area contributed by atoms with Gasteiger partial charge >= 0.3 is 0 Å². The van der Waals surface area contributed by atoms with Gasteiger partial charge in [-0.15, -0.1) is 0 Å². The van der Waals surface area contributed by atoms with Crippen LogP contribution in [0.4, 0.5) is 20.2 Å². The summed E-state index contributed by atoms with van der Waals surface area (Å²) < 4.78 is 28.3. The molecular formula is C14H7Br2F2N3. The first-order chi connectivity index (χ1) is 10.0. The highest BCUT2D eigenvalue weighted by atomic mass is 79.9. The van der Waals surface area contributed by atoms with Crippen molar-refractivity contribution >= 4 is 54.3 Å². The molecule has 1 N–H and O–H groups in total. The summed E-state index contributed by atoms with van der Waals surface area (Å²) in [4.78, 5) is 8.44. The van der Waals surface area contributed by atoms with Gasteiger partial charge in [0.15, 0.2) is 0 Å². The molecule has 0 radical (unpaired) electrons. The van der Waals surface area contributed by atoms with Gasteiger partial charge in [-0.05, 0) is 50.1 Å². The molecule has 2 heterocycles. The van der Waals surface area contributed by atoms with E-state index < -0.39 is 11.6 Å². The molecule has 0 aliphatic heterocycles. The molecule has 0 aliphatic rings. The van der Waals surface area contributed by atoms with Crippen LogP contribution in [0, 0.1) is 11.6 Å². The first-order valence-electron chi connectivity index (χ1n) is 5.86. The molecule has 2 aromatic heterocycles. The molecule has 3 rings (SSSR count). The van der Waals surface area contributed by atoms with Crippen LogP contribution in [0.2, 0.25) is 0 Å². The van der Waals surface area contributed by atoms with E-state index in [1.54, 1.807) is 24.5 Å². The van der Waals surface area contributed by atoms with Crippen LogP contribution in [0.15, 0.2) is 45.6 Å². The Morgan fingerprint density at radius 3 is 2.57 bits per heavy atom. The Labute approximate surface area is 135 Å². The highest BCUT2D eigenvalue weighted by molar-refractivity contribution is 9.10. The van der Waals surface area contributed by atoms with Crippen LogP contribution in [0.25, 0.3) is 11.0 Å². The van der Waals surface area contributed by atoms with Crippen molar-refractivity contribution in [1.82, 2.24) is 9.97 Å². The molecule has 3 nitrogen and oxygen atoms in total. The van der Waals surface area contributed by atoms with Gasteiger partial charge in [0.2, 0.25) is 0 Å². The average molecular weight is 415 g/mol. The Morgan fingerprint density at radius 2 is 1.76 bits per heavy atom. The zero-order valence-corrected chi connectivity index (χ0v) is 13.5. The summed E-state index contributed by atoms with van der Waals surface area (Å²) in [7, 11) is 0. The van der Waals surface area contributed by atoms with Gasteiger partial charge in [-0.3, -0.25) is 9.97 Å². The van der Waals surface area contributed by atoms with Crippen LogP contribution >= 0.6 is 31.9 Å². The maximum Gasteiger partial charge on any atom is 0.147 e. The van der Waals surface area contributed by atoms with E-state index in [0.29, 0.717) is 16.7 Å². The molecule has 0 amide bonds. The van der Waals surface area contributed by atoms with E-state index in [4.69, 9.17) is 0 Å². The smallest absolute Gasteiger partial charge is 0.147 e. The van der Waals surface area contributed by atoms with E-state index in [2.05, 4.69) is 47.1 Å². The van der Waals surface area contributed by atoms with Crippen LogP contribution in [-0.4, -0.2) is 9.97 Å². The molecule has 0 aliphatic carbocycles. The van der Waals surface area contributed by atoms with Crippen molar-refractivity contribution in [2.75, 3.05) is 5.32 Å². The second kappa shape index (κ2) is 5.65. The number of rotatable bonds is 2. The Bertz CT molecular complexity index is 840. The van der Waals surface area contributed by atoms with Crippen molar-refractivity contribution in [2.45, 2.75) is 0 Å². The zero-order chi connectivity index (χ0) is 15.0. The third-order valence-corrected chi connectivity index (χ3v) is 3.86. The second-order valence-corrected chi connectivity index (χ2v) is 6.02. The summed E-state index contributed by atoms with van der Waals surface area (Å²) >= 11 is 6.26. The van der Waals surface area contributed by atoms with Gasteiger partial charge in [-0.25, -0.2) is 8.78 Å². The number of hydrogen-bond acceptors (Lipinski definition) is 3. The summed E-state index contributed by atoms with van der Waals surface area (Å²) in [5.41, 5.74) is 1.80. The zero-order valence-electron chi connectivity index (χ0n) is 10.4. The molecule has 0 saturated heterocycles. The highest BCUT2D eigenvalue weighted by Crippen LogP contribution is 2.29. The van der Waals surface area contributed by atoms with Crippen molar-refractivity contribution in [3.05, 3.63) is 57.2 Å². The molecule has 1 aromatic carbocycles. The molecule has 3 aromatic rings. The van der Waals surface area contributed by atoms with Crippen molar-refractivity contribution in [2.24, 2.45) is 0 Å². The number of nitrogens with one attached hydrogen (secondary N) is 1. The Kier molecular flexibility index (Phi) is 3.86. The van der Waals surface area contributed by atoms with Crippen molar-refractivity contribution in [1.29, 1.82) is 0 Å². The molecule has 0 unspecified atom stereocenters. The number of pyridine rings is 2. The third kappa shape index (κ3) is 2.89. The lowest BCUT2D eigenvalue weighted by atomic mass is 10.2. The van der Waals surface area contributed by atoms with Gasteiger partial charge in [-0.2, -0.15) is 0 Å². The average Bonchev–Trinajstić information content (AvgIpc) is 2.44. The van der Waals surface area contributed by atoms with Crippen molar-refractivity contribution in [3.63, 3.8) is 0 Å². The maximum atomic E-state index is 13.9. The lowest BCUT2D eigenvalue weighted by molar-refractivity contribution is 0.598.